The molecule has 3 rings (SSSR count). The van der Waals surface area contributed by atoms with Gasteiger partial charge in [0.25, 0.3) is 0 Å². The van der Waals surface area contributed by atoms with E-state index in [1.165, 1.54) is 16.9 Å². The average Bonchev–Trinajstić information content (AvgIpc) is 2.82. The lowest BCUT2D eigenvalue weighted by Gasteiger charge is -2.19. The molecule has 0 amide bonds. The van der Waals surface area contributed by atoms with Gasteiger partial charge in [0.15, 0.2) is 0 Å². The van der Waals surface area contributed by atoms with Crippen LogP contribution in [0.4, 0.5) is 11.4 Å². The number of hydrogen-bond acceptors (Lipinski definition) is 3. The summed E-state index contributed by atoms with van der Waals surface area (Å²) in [6, 6.07) is 12.7. The first kappa shape index (κ1) is 10.3. The van der Waals surface area contributed by atoms with Crippen molar-refractivity contribution < 1.29 is 0 Å². The van der Waals surface area contributed by atoms with Gasteiger partial charge in [-0.3, -0.25) is 4.98 Å². The zero-order valence-corrected chi connectivity index (χ0v) is 9.63. The van der Waals surface area contributed by atoms with E-state index in [2.05, 4.69) is 40.2 Å². The topological polar surface area (TPSA) is 42.1 Å². The maximum Gasteiger partial charge on any atom is 0.0560 e. The molecule has 0 spiro atoms. The summed E-state index contributed by atoms with van der Waals surface area (Å²) in [7, 11) is 0. The van der Waals surface area contributed by atoms with E-state index in [1.807, 2.05) is 12.3 Å². The van der Waals surface area contributed by atoms with Crippen LogP contribution in [0.2, 0.25) is 0 Å². The van der Waals surface area contributed by atoms with Crippen LogP contribution in [0.25, 0.3) is 0 Å². The summed E-state index contributed by atoms with van der Waals surface area (Å²) in [5.41, 5.74) is 10.5. The van der Waals surface area contributed by atoms with E-state index in [0.29, 0.717) is 6.54 Å². The fraction of sp³-hybridized carbons (Fsp3) is 0.214. The third kappa shape index (κ3) is 1.78. The molecular formula is C14H15N3. The molecule has 1 aromatic heterocycles. The molecule has 2 N–H and O–H groups in total. The molecule has 0 bridgehead atoms. The number of para-hydroxylation sites is 1. The predicted molar refractivity (Wildman–Crippen MR) is 69.3 cm³/mol. The van der Waals surface area contributed by atoms with E-state index in [0.717, 1.165) is 18.7 Å². The molecule has 0 saturated carbocycles. The lowest BCUT2D eigenvalue weighted by atomic mass is 10.2. The Labute approximate surface area is 101 Å². The first-order valence-corrected chi connectivity index (χ1v) is 5.89. The van der Waals surface area contributed by atoms with Gasteiger partial charge in [-0.05, 0) is 30.2 Å². The Hall–Kier alpha value is -1.87. The van der Waals surface area contributed by atoms with Crippen molar-refractivity contribution in [1.82, 2.24) is 4.98 Å². The fourth-order valence-electron chi connectivity index (χ4n) is 2.35. The lowest BCUT2D eigenvalue weighted by Crippen LogP contribution is -2.14. The highest BCUT2D eigenvalue weighted by Gasteiger charge is 2.19. The molecule has 1 aromatic carbocycles. The van der Waals surface area contributed by atoms with Gasteiger partial charge in [0.2, 0.25) is 0 Å². The molecule has 86 valence electrons. The van der Waals surface area contributed by atoms with Gasteiger partial charge in [-0.2, -0.15) is 0 Å². The molecule has 0 atom stereocenters. The van der Waals surface area contributed by atoms with Gasteiger partial charge < -0.3 is 10.6 Å². The van der Waals surface area contributed by atoms with Gasteiger partial charge >= 0.3 is 0 Å². The zero-order chi connectivity index (χ0) is 11.7. The average molecular weight is 225 g/mol. The maximum absolute atomic E-state index is 5.63. The number of rotatable bonds is 2. The van der Waals surface area contributed by atoms with Crippen molar-refractivity contribution in [2.75, 3.05) is 11.4 Å². The van der Waals surface area contributed by atoms with Crippen molar-refractivity contribution in [3.8, 4) is 0 Å². The fourth-order valence-corrected chi connectivity index (χ4v) is 2.35. The van der Waals surface area contributed by atoms with Gasteiger partial charge in [-0.15, -0.1) is 0 Å². The van der Waals surface area contributed by atoms with Crippen LogP contribution in [-0.4, -0.2) is 11.5 Å². The molecule has 0 saturated heterocycles. The molecule has 3 heteroatoms. The van der Waals surface area contributed by atoms with Crippen LogP contribution >= 0.6 is 0 Å². The summed E-state index contributed by atoms with van der Waals surface area (Å²) in [6.45, 7) is 1.52. The quantitative estimate of drug-likeness (QED) is 0.852. The minimum absolute atomic E-state index is 0.489. The second kappa shape index (κ2) is 4.18. The number of nitrogens with zero attached hydrogens (tertiary/aromatic N) is 2. The van der Waals surface area contributed by atoms with E-state index < -0.39 is 0 Å². The van der Waals surface area contributed by atoms with Gasteiger partial charge in [-0.25, -0.2) is 0 Å². The van der Waals surface area contributed by atoms with Gasteiger partial charge in [0.05, 0.1) is 5.69 Å². The smallest absolute Gasteiger partial charge is 0.0560 e. The molecule has 0 aliphatic carbocycles. The second-order valence-corrected chi connectivity index (χ2v) is 4.24. The first-order valence-electron chi connectivity index (χ1n) is 5.89. The maximum atomic E-state index is 5.63. The van der Waals surface area contributed by atoms with E-state index in [4.69, 9.17) is 5.73 Å². The number of fused-ring (bicyclic) bond motifs is 1. The Bertz CT molecular complexity index is 536. The zero-order valence-electron chi connectivity index (χ0n) is 9.63. The summed E-state index contributed by atoms with van der Waals surface area (Å²) < 4.78 is 0. The van der Waals surface area contributed by atoms with E-state index in [1.54, 1.807) is 0 Å². The van der Waals surface area contributed by atoms with Crippen LogP contribution in [0.1, 0.15) is 11.3 Å². The lowest BCUT2D eigenvalue weighted by molar-refractivity contribution is 0.963. The SMILES string of the molecule is NCc1cc(N2CCc3ccccc32)ccn1. The molecule has 2 aromatic rings. The first-order chi connectivity index (χ1) is 8.38. The molecule has 17 heavy (non-hydrogen) atoms. The number of anilines is 2. The van der Waals surface area contributed by atoms with E-state index in [9.17, 15) is 0 Å². The molecule has 0 unspecified atom stereocenters. The minimum atomic E-state index is 0.489. The van der Waals surface area contributed by atoms with Gasteiger partial charge in [-0.1, -0.05) is 18.2 Å². The van der Waals surface area contributed by atoms with Crippen LogP contribution in [-0.2, 0) is 13.0 Å². The molecule has 0 fully saturated rings. The molecule has 2 heterocycles. The van der Waals surface area contributed by atoms with Crippen molar-refractivity contribution >= 4 is 11.4 Å². The molecular weight excluding hydrogens is 210 g/mol. The Morgan fingerprint density at radius 2 is 2.12 bits per heavy atom. The highest BCUT2D eigenvalue weighted by Crippen LogP contribution is 2.33. The number of benzene rings is 1. The minimum Gasteiger partial charge on any atom is -0.341 e. The van der Waals surface area contributed by atoms with Crippen LogP contribution in [0.3, 0.4) is 0 Å². The molecule has 0 radical (unpaired) electrons. The Kier molecular flexibility index (Phi) is 2.53. The van der Waals surface area contributed by atoms with Gasteiger partial charge in [0.1, 0.15) is 0 Å². The summed E-state index contributed by atoms with van der Waals surface area (Å²) >= 11 is 0. The Morgan fingerprint density at radius 1 is 1.24 bits per heavy atom. The van der Waals surface area contributed by atoms with Crippen molar-refractivity contribution in [3.63, 3.8) is 0 Å². The van der Waals surface area contributed by atoms with Crippen molar-refractivity contribution in [2.24, 2.45) is 5.73 Å². The standard InChI is InChI=1S/C14H15N3/c15-10-12-9-13(5-7-16-12)17-8-6-11-3-1-2-4-14(11)17/h1-5,7,9H,6,8,10,15H2. The third-order valence-corrected chi connectivity index (χ3v) is 3.21. The van der Waals surface area contributed by atoms with Crippen molar-refractivity contribution in [2.45, 2.75) is 13.0 Å². The second-order valence-electron chi connectivity index (χ2n) is 4.24. The van der Waals surface area contributed by atoms with Gasteiger partial charge in [0, 0.05) is 30.7 Å². The number of hydrogen-bond donors (Lipinski definition) is 1. The monoisotopic (exact) mass is 225 g/mol. The third-order valence-electron chi connectivity index (χ3n) is 3.21. The van der Waals surface area contributed by atoms with Crippen LogP contribution in [0.5, 0.6) is 0 Å². The largest absolute Gasteiger partial charge is 0.341 e. The number of nitrogens with two attached hydrogens (primary N) is 1. The molecule has 3 nitrogen and oxygen atoms in total. The normalized spacial score (nSPS) is 13.8. The number of aromatic nitrogens is 1. The van der Waals surface area contributed by atoms with Crippen LogP contribution in [0.15, 0.2) is 42.6 Å². The summed E-state index contributed by atoms with van der Waals surface area (Å²) in [5, 5.41) is 0. The van der Waals surface area contributed by atoms with Crippen LogP contribution in [0, 0.1) is 0 Å². The Balaban J connectivity index is 2.01. The highest BCUT2D eigenvalue weighted by atomic mass is 15.2. The van der Waals surface area contributed by atoms with Crippen molar-refractivity contribution in [1.29, 1.82) is 0 Å². The summed E-state index contributed by atoms with van der Waals surface area (Å²) in [5.74, 6) is 0. The predicted octanol–water partition coefficient (Wildman–Crippen LogP) is 2.23. The summed E-state index contributed by atoms with van der Waals surface area (Å²) in [6.07, 6.45) is 2.94. The molecule has 1 aliphatic rings. The van der Waals surface area contributed by atoms with Crippen molar-refractivity contribution in [3.05, 3.63) is 53.9 Å². The van der Waals surface area contributed by atoms with E-state index in [-0.39, 0.29) is 0 Å². The summed E-state index contributed by atoms with van der Waals surface area (Å²) in [4.78, 5) is 6.56. The van der Waals surface area contributed by atoms with Crippen LogP contribution < -0.4 is 10.6 Å². The van der Waals surface area contributed by atoms with E-state index >= 15 is 0 Å². The number of pyridine rings is 1. The Morgan fingerprint density at radius 3 is 3.00 bits per heavy atom. The highest BCUT2D eigenvalue weighted by molar-refractivity contribution is 5.69. The molecule has 1 aliphatic heterocycles.